The number of hydrogen-bond donors (Lipinski definition) is 1. The van der Waals surface area contributed by atoms with Crippen LogP contribution >= 0.6 is 0 Å². The Morgan fingerprint density at radius 3 is 2.89 bits per heavy atom. The minimum Gasteiger partial charge on any atom is -0.467 e. The van der Waals surface area contributed by atoms with Crippen LogP contribution in [-0.4, -0.2) is 35.5 Å². The number of nitrogens with zero attached hydrogens (tertiary/aromatic N) is 1. The summed E-state index contributed by atoms with van der Waals surface area (Å²) in [6.45, 7) is 4.05. The van der Waals surface area contributed by atoms with Gasteiger partial charge >= 0.3 is 0 Å². The molecule has 1 saturated heterocycles. The summed E-state index contributed by atoms with van der Waals surface area (Å²) in [5.41, 5.74) is -0.0140. The highest BCUT2D eigenvalue weighted by Crippen LogP contribution is 2.52. The summed E-state index contributed by atoms with van der Waals surface area (Å²) in [4.78, 5) is 28.0. The summed E-state index contributed by atoms with van der Waals surface area (Å²) in [5.74, 6) is 2.18. The zero-order valence-electron chi connectivity index (χ0n) is 15.9. The minimum atomic E-state index is -0.625. The van der Waals surface area contributed by atoms with Gasteiger partial charge in [-0.3, -0.25) is 9.59 Å². The standard InChI is InChI=1S/C22H28N2O3/c1-14-5-4-10-24(13-14)21(26)18-11-16-9-8-15(18)12-22(16)23-20(25)17-6-2-3-7-19(17)27-22/h2-3,6-7,14-16,18H,4-5,8-13H2,1H3,(H,23,25)/t14-,15+,16-,18+,22-/m1/s1. The highest BCUT2D eigenvalue weighted by Gasteiger charge is 2.57. The Labute approximate surface area is 160 Å². The molecule has 4 fully saturated rings. The molecule has 5 aliphatic rings. The van der Waals surface area contributed by atoms with Crippen molar-refractivity contribution in [3.63, 3.8) is 0 Å². The third kappa shape index (κ3) is 2.74. The van der Waals surface area contributed by atoms with E-state index in [4.69, 9.17) is 4.74 Å². The first kappa shape index (κ1) is 17.1. The molecule has 3 saturated carbocycles. The van der Waals surface area contributed by atoms with Gasteiger partial charge < -0.3 is 15.0 Å². The lowest BCUT2D eigenvalue weighted by atomic mass is 9.59. The highest BCUT2D eigenvalue weighted by atomic mass is 16.5. The third-order valence-electron chi connectivity index (χ3n) is 7.25. The van der Waals surface area contributed by atoms with Crippen molar-refractivity contribution in [1.82, 2.24) is 10.2 Å². The maximum Gasteiger partial charge on any atom is 0.258 e. The van der Waals surface area contributed by atoms with Gasteiger partial charge in [0.25, 0.3) is 5.91 Å². The van der Waals surface area contributed by atoms with Crippen LogP contribution in [0, 0.1) is 23.7 Å². The Balaban J connectivity index is 1.36. The molecule has 0 unspecified atom stereocenters. The third-order valence-corrected chi connectivity index (χ3v) is 7.25. The molecule has 6 rings (SSSR count). The molecule has 0 aromatic heterocycles. The lowest BCUT2D eigenvalue weighted by molar-refractivity contribution is -0.156. The summed E-state index contributed by atoms with van der Waals surface area (Å²) < 4.78 is 6.40. The van der Waals surface area contributed by atoms with Crippen LogP contribution in [0.1, 0.15) is 55.8 Å². The normalized spacial score (nSPS) is 37.5. The van der Waals surface area contributed by atoms with Crippen molar-refractivity contribution in [2.45, 2.75) is 51.2 Å². The number of amides is 2. The molecule has 1 aromatic carbocycles. The fourth-order valence-electron chi connectivity index (χ4n) is 5.89. The second-order valence-corrected chi connectivity index (χ2v) is 9.05. The van der Waals surface area contributed by atoms with Gasteiger partial charge in [-0.15, -0.1) is 0 Å². The van der Waals surface area contributed by atoms with E-state index in [0.29, 0.717) is 29.1 Å². The fourth-order valence-corrected chi connectivity index (χ4v) is 5.89. The van der Waals surface area contributed by atoms with Crippen molar-refractivity contribution in [3.8, 4) is 5.75 Å². The van der Waals surface area contributed by atoms with E-state index in [1.807, 2.05) is 24.3 Å². The average Bonchev–Trinajstić information content (AvgIpc) is 2.68. The van der Waals surface area contributed by atoms with E-state index in [0.717, 1.165) is 45.2 Å². The lowest BCUT2D eigenvalue weighted by Crippen LogP contribution is -2.67. The maximum atomic E-state index is 13.2. The van der Waals surface area contributed by atoms with Gasteiger partial charge in [-0.2, -0.15) is 0 Å². The highest BCUT2D eigenvalue weighted by molar-refractivity contribution is 5.98. The van der Waals surface area contributed by atoms with Gasteiger partial charge in [-0.1, -0.05) is 19.1 Å². The molecular weight excluding hydrogens is 340 g/mol. The van der Waals surface area contributed by atoms with Crippen LogP contribution in [0.3, 0.4) is 0 Å². The van der Waals surface area contributed by atoms with E-state index in [2.05, 4.69) is 17.1 Å². The Hall–Kier alpha value is -2.04. The maximum absolute atomic E-state index is 13.2. The van der Waals surface area contributed by atoms with Gasteiger partial charge in [0.2, 0.25) is 5.91 Å². The largest absolute Gasteiger partial charge is 0.467 e. The number of piperidine rings is 1. The summed E-state index contributed by atoms with van der Waals surface area (Å²) >= 11 is 0. The van der Waals surface area contributed by atoms with Gasteiger partial charge in [-0.25, -0.2) is 0 Å². The van der Waals surface area contributed by atoms with E-state index in [-0.39, 0.29) is 17.7 Å². The van der Waals surface area contributed by atoms with Crippen molar-refractivity contribution in [2.24, 2.45) is 23.7 Å². The first-order valence-corrected chi connectivity index (χ1v) is 10.4. The molecule has 5 heteroatoms. The summed E-state index contributed by atoms with van der Waals surface area (Å²) in [7, 11) is 0. The SMILES string of the molecule is C[C@@H]1CCCN(C(=O)[C@H]2C[C@H]3CC[C@H]2C[C@]32NC(=O)c3ccccc3O2)C1. The number of nitrogens with one attached hydrogen (secondary N) is 1. The molecule has 1 spiro atoms. The molecule has 27 heavy (non-hydrogen) atoms. The van der Waals surface area contributed by atoms with E-state index in [1.54, 1.807) is 0 Å². The Kier molecular flexibility index (Phi) is 3.95. The number of carbonyl (C=O) groups excluding carboxylic acids is 2. The first-order valence-electron chi connectivity index (χ1n) is 10.4. The summed E-state index contributed by atoms with van der Waals surface area (Å²) in [6.07, 6.45) is 6.01. The number of ether oxygens (including phenoxy) is 1. The van der Waals surface area contributed by atoms with Crippen molar-refractivity contribution >= 4 is 11.8 Å². The Bertz CT molecular complexity index is 779. The predicted octanol–water partition coefficient (Wildman–Crippen LogP) is 3.20. The van der Waals surface area contributed by atoms with Crippen LogP contribution < -0.4 is 10.1 Å². The van der Waals surface area contributed by atoms with Crippen molar-refractivity contribution in [2.75, 3.05) is 13.1 Å². The molecule has 1 aromatic rings. The number of para-hydroxylation sites is 1. The van der Waals surface area contributed by atoms with Crippen LogP contribution in [0.5, 0.6) is 5.75 Å². The van der Waals surface area contributed by atoms with Crippen LogP contribution in [0.2, 0.25) is 0 Å². The van der Waals surface area contributed by atoms with E-state index in [1.165, 1.54) is 6.42 Å². The molecule has 2 heterocycles. The van der Waals surface area contributed by atoms with Crippen LogP contribution in [0.15, 0.2) is 24.3 Å². The number of hydrogen-bond acceptors (Lipinski definition) is 3. The van der Waals surface area contributed by atoms with Crippen LogP contribution in [-0.2, 0) is 4.79 Å². The smallest absolute Gasteiger partial charge is 0.258 e. The zero-order valence-corrected chi connectivity index (χ0v) is 15.9. The van der Waals surface area contributed by atoms with Gasteiger partial charge in [0.1, 0.15) is 5.75 Å². The Morgan fingerprint density at radius 1 is 1.26 bits per heavy atom. The van der Waals surface area contributed by atoms with Gasteiger partial charge in [0, 0.05) is 31.3 Å². The molecule has 144 valence electrons. The van der Waals surface area contributed by atoms with E-state index >= 15 is 0 Å². The molecule has 5 nitrogen and oxygen atoms in total. The Morgan fingerprint density at radius 2 is 2.11 bits per heavy atom. The van der Waals surface area contributed by atoms with Crippen LogP contribution in [0.25, 0.3) is 0 Å². The van der Waals surface area contributed by atoms with Crippen LogP contribution in [0.4, 0.5) is 0 Å². The molecule has 2 bridgehead atoms. The lowest BCUT2D eigenvalue weighted by Gasteiger charge is -2.55. The first-order chi connectivity index (χ1) is 13.1. The molecule has 0 radical (unpaired) electrons. The molecule has 5 atom stereocenters. The molecule has 1 N–H and O–H groups in total. The van der Waals surface area contributed by atoms with Crippen molar-refractivity contribution < 1.29 is 14.3 Å². The summed E-state index contributed by atoms with van der Waals surface area (Å²) in [6, 6.07) is 7.47. The van der Waals surface area contributed by atoms with E-state index in [9.17, 15) is 9.59 Å². The average molecular weight is 368 g/mol. The number of fused-ring (bicyclic) bond motifs is 3. The molecular formula is C22H28N2O3. The van der Waals surface area contributed by atoms with Crippen molar-refractivity contribution in [3.05, 3.63) is 29.8 Å². The van der Waals surface area contributed by atoms with Gasteiger partial charge in [0.15, 0.2) is 5.72 Å². The minimum absolute atomic E-state index is 0.0443. The molecule has 3 aliphatic carbocycles. The topological polar surface area (TPSA) is 58.6 Å². The van der Waals surface area contributed by atoms with Gasteiger partial charge in [0.05, 0.1) is 5.56 Å². The molecule has 2 aliphatic heterocycles. The monoisotopic (exact) mass is 368 g/mol. The number of carbonyl (C=O) groups is 2. The van der Waals surface area contributed by atoms with E-state index < -0.39 is 5.72 Å². The number of rotatable bonds is 1. The second-order valence-electron chi connectivity index (χ2n) is 9.05. The van der Waals surface area contributed by atoms with Gasteiger partial charge in [-0.05, 0) is 56.1 Å². The molecule has 2 amide bonds. The second kappa shape index (κ2) is 6.25. The van der Waals surface area contributed by atoms with Crippen molar-refractivity contribution in [1.29, 1.82) is 0 Å². The summed E-state index contributed by atoms with van der Waals surface area (Å²) in [5, 5.41) is 3.18. The number of likely N-dealkylation sites (tertiary alicyclic amines) is 1. The predicted molar refractivity (Wildman–Crippen MR) is 101 cm³/mol. The zero-order chi connectivity index (χ0) is 18.6. The fraction of sp³-hybridized carbons (Fsp3) is 0.636. The quantitative estimate of drug-likeness (QED) is 0.828. The number of benzene rings is 1.